The van der Waals surface area contributed by atoms with Gasteiger partial charge in [-0.1, -0.05) is 0 Å². The van der Waals surface area contributed by atoms with Crippen molar-refractivity contribution < 1.29 is 14.2 Å². The van der Waals surface area contributed by atoms with Crippen LogP contribution < -0.4 is 14.9 Å². The molecule has 0 spiro atoms. The van der Waals surface area contributed by atoms with Gasteiger partial charge in [0.2, 0.25) is 0 Å². The molecule has 2 aromatic rings. The second kappa shape index (κ2) is 8.66. The number of aromatic nitrogens is 1. The summed E-state index contributed by atoms with van der Waals surface area (Å²) in [7, 11) is 4.75. The molecule has 0 aliphatic carbocycles. The smallest absolute Gasteiger partial charge is 0.164 e. The van der Waals surface area contributed by atoms with Crippen molar-refractivity contribution in [2.24, 2.45) is 5.10 Å². The van der Waals surface area contributed by atoms with Crippen molar-refractivity contribution >= 4 is 12.0 Å². The Kier molecular flexibility index (Phi) is 6.32. The van der Waals surface area contributed by atoms with Gasteiger partial charge in [-0.3, -0.25) is 5.43 Å². The molecule has 0 fully saturated rings. The van der Waals surface area contributed by atoms with Gasteiger partial charge in [-0.05, 0) is 31.2 Å². The summed E-state index contributed by atoms with van der Waals surface area (Å²) in [6.07, 6.45) is 1.59. The number of rotatable bonds is 7. The van der Waals surface area contributed by atoms with Crippen LogP contribution in [0.15, 0.2) is 29.4 Å². The maximum absolute atomic E-state index is 9.41. The molecular formula is C18H20N4O3. The number of aryl methyl sites for hydroxylation is 1. The van der Waals surface area contributed by atoms with E-state index in [4.69, 9.17) is 14.2 Å². The summed E-state index contributed by atoms with van der Waals surface area (Å²) < 4.78 is 15.6. The number of benzene rings is 1. The highest BCUT2D eigenvalue weighted by molar-refractivity contribution is 5.84. The fraction of sp³-hybridized carbons (Fsp3) is 0.278. The Balaban J connectivity index is 2.30. The largest absolute Gasteiger partial charge is 0.497 e. The molecule has 0 aliphatic rings. The second-order valence-corrected chi connectivity index (χ2v) is 5.17. The van der Waals surface area contributed by atoms with E-state index in [2.05, 4.69) is 21.6 Å². The lowest BCUT2D eigenvalue weighted by molar-refractivity contribution is 0.184. The zero-order chi connectivity index (χ0) is 18.2. The standard InChI is InChI=1S/C18H20N4O3/c1-12-7-14(11-23-2)16(9-19)18(21-12)22-20-10-13-8-15(24-3)5-6-17(13)25-4/h5-8,10H,11H2,1-4H3,(H,21,22)/b20-10-. The van der Waals surface area contributed by atoms with E-state index in [0.29, 0.717) is 29.5 Å². The Labute approximate surface area is 146 Å². The maximum atomic E-state index is 9.41. The Bertz CT molecular complexity index is 813. The average Bonchev–Trinajstić information content (AvgIpc) is 2.61. The first kappa shape index (κ1) is 18.2. The average molecular weight is 340 g/mol. The number of anilines is 1. The third-order valence-corrected chi connectivity index (χ3v) is 3.45. The van der Waals surface area contributed by atoms with Crippen LogP contribution in [0, 0.1) is 18.3 Å². The first-order valence-corrected chi connectivity index (χ1v) is 7.53. The molecule has 1 N–H and O–H groups in total. The quantitative estimate of drug-likeness (QED) is 0.616. The molecule has 0 bridgehead atoms. The van der Waals surface area contributed by atoms with Crippen LogP contribution in [0.1, 0.15) is 22.4 Å². The first-order chi connectivity index (χ1) is 12.1. The first-order valence-electron chi connectivity index (χ1n) is 7.53. The topological polar surface area (TPSA) is 88.8 Å². The van der Waals surface area contributed by atoms with Gasteiger partial charge in [-0.2, -0.15) is 10.4 Å². The number of hydrazone groups is 1. The lowest BCUT2D eigenvalue weighted by Gasteiger charge is -2.10. The van der Waals surface area contributed by atoms with E-state index >= 15 is 0 Å². The summed E-state index contributed by atoms with van der Waals surface area (Å²) in [5, 5.41) is 13.6. The molecule has 0 aliphatic heterocycles. The van der Waals surface area contributed by atoms with Gasteiger partial charge >= 0.3 is 0 Å². The highest BCUT2D eigenvalue weighted by Gasteiger charge is 2.11. The minimum atomic E-state index is 0.328. The number of methoxy groups -OCH3 is 3. The van der Waals surface area contributed by atoms with Gasteiger partial charge in [0.25, 0.3) is 0 Å². The monoisotopic (exact) mass is 340 g/mol. The summed E-state index contributed by atoms with van der Waals surface area (Å²) in [4.78, 5) is 4.34. The second-order valence-electron chi connectivity index (χ2n) is 5.17. The van der Waals surface area contributed by atoms with E-state index in [1.54, 1.807) is 45.7 Å². The summed E-state index contributed by atoms with van der Waals surface area (Å²) in [6, 6.07) is 9.36. The third kappa shape index (κ3) is 4.46. The van der Waals surface area contributed by atoms with Crippen molar-refractivity contribution in [3.05, 3.63) is 46.6 Å². The van der Waals surface area contributed by atoms with Crippen LogP contribution in [0.5, 0.6) is 11.5 Å². The lowest BCUT2D eigenvalue weighted by Crippen LogP contribution is -2.03. The van der Waals surface area contributed by atoms with Crippen molar-refractivity contribution in [1.29, 1.82) is 5.26 Å². The zero-order valence-corrected chi connectivity index (χ0v) is 14.7. The molecule has 0 unspecified atom stereocenters. The Morgan fingerprint density at radius 1 is 1.24 bits per heavy atom. The molecule has 0 atom stereocenters. The molecule has 7 nitrogen and oxygen atoms in total. The zero-order valence-electron chi connectivity index (χ0n) is 14.7. The fourth-order valence-corrected chi connectivity index (χ4v) is 2.32. The van der Waals surface area contributed by atoms with E-state index < -0.39 is 0 Å². The maximum Gasteiger partial charge on any atom is 0.164 e. The molecule has 1 heterocycles. The molecule has 0 saturated heterocycles. The number of hydrogen-bond donors (Lipinski definition) is 1. The van der Waals surface area contributed by atoms with Crippen LogP contribution in [0.3, 0.4) is 0 Å². The van der Waals surface area contributed by atoms with Gasteiger partial charge in [-0.25, -0.2) is 4.98 Å². The third-order valence-electron chi connectivity index (χ3n) is 3.45. The fourth-order valence-electron chi connectivity index (χ4n) is 2.32. The molecule has 25 heavy (non-hydrogen) atoms. The van der Waals surface area contributed by atoms with Gasteiger partial charge in [-0.15, -0.1) is 0 Å². The van der Waals surface area contributed by atoms with Crippen LogP contribution in [0.25, 0.3) is 0 Å². The van der Waals surface area contributed by atoms with Crippen LogP contribution in [-0.4, -0.2) is 32.5 Å². The number of nitrogens with one attached hydrogen (secondary N) is 1. The van der Waals surface area contributed by atoms with Crippen LogP contribution >= 0.6 is 0 Å². The van der Waals surface area contributed by atoms with Crippen LogP contribution in [0.2, 0.25) is 0 Å². The van der Waals surface area contributed by atoms with Crippen molar-refractivity contribution in [3.63, 3.8) is 0 Å². The van der Waals surface area contributed by atoms with Crippen LogP contribution in [0.4, 0.5) is 5.82 Å². The van der Waals surface area contributed by atoms with E-state index in [9.17, 15) is 5.26 Å². The van der Waals surface area contributed by atoms with E-state index in [1.807, 2.05) is 13.0 Å². The SMILES string of the molecule is COCc1cc(C)nc(N/N=C\c2cc(OC)ccc2OC)c1C#N. The summed E-state index contributed by atoms with van der Waals surface area (Å²) in [5.74, 6) is 1.73. The van der Waals surface area contributed by atoms with Gasteiger partial charge < -0.3 is 14.2 Å². The molecule has 130 valence electrons. The van der Waals surface area contributed by atoms with Gasteiger partial charge in [0, 0.05) is 23.9 Å². The molecule has 0 saturated carbocycles. The number of pyridine rings is 1. The minimum Gasteiger partial charge on any atom is -0.497 e. The van der Waals surface area contributed by atoms with E-state index in [0.717, 1.165) is 16.8 Å². The van der Waals surface area contributed by atoms with Crippen molar-refractivity contribution in [3.8, 4) is 17.6 Å². The summed E-state index contributed by atoms with van der Waals surface area (Å²) in [6.45, 7) is 2.18. The lowest BCUT2D eigenvalue weighted by atomic mass is 10.1. The molecular weight excluding hydrogens is 320 g/mol. The predicted octanol–water partition coefficient (Wildman–Crippen LogP) is 2.87. The minimum absolute atomic E-state index is 0.328. The molecule has 1 aromatic heterocycles. The van der Waals surface area contributed by atoms with Gasteiger partial charge in [0.15, 0.2) is 5.82 Å². The van der Waals surface area contributed by atoms with Crippen molar-refractivity contribution in [2.75, 3.05) is 26.8 Å². The van der Waals surface area contributed by atoms with Gasteiger partial charge in [0.05, 0.1) is 27.0 Å². The molecule has 2 rings (SSSR count). The van der Waals surface area contributed by atoms with Crippen molar-refractivity contribution in [1.82, 2.24) is 4.98 Å². The number of ether oxygens (including phenoxy) is 3. The highest BCUT2D eigenvalue weighted by atomic mass is 16.5. The molecule has 1 aromatic carbocycles. The summed E-state index contributed by atoms with van der Waals surface area (Å²) >= 11 is 0. The molecule has 0 radical (unpaired) electrons. The van der Waals surface area contributed by atoms with Crippen molar-refractivity contribution in [2.45, 2.75) is 13.5 Å². The summed E-state index contributed by atoms with van der Waals surface area (Å²) in [5.41, 5.74) is 5.49. The predicted molar refractivity (Wildman–Crippen MR) is 95.2 cm³/mol. The number of nitrogens with zero attached hydrogens (tertiary/aromatic N) is 3. The van der Waals surface area contributed by atoms with E-state index in [1.165, 1.54) is 0 Å². The molecule has 0 amide bonds. The molecule has 7 heteroatoms. The Morgan fingerprint density at radius 3 is 2.68 bits per heavy atom. The Morgan fingerprint density at radius 2 is 2.04 bits per heavy atom. The number of hydrogen-bond acceptors (Lipinski definition) is 7. The Hall–Kier alpha value is -3.11. The van der Waals surface area contributed by atoms with Gasteiger partial charge in [0.1, 0.15) is 23.1 Å². The van der Waals surface area contributed by atoms with E-state index in [-0.39, 0.29) is 0 Å². The highest BCUT2D eigenvalue weighted by Crippen LogP contribution is 2.23. The van der Waals surface area contributed by atoms with Crippen LogP contribution in [-0.2, 0) is 11.3 Å². The number of nitriles is 1. The normalized spacial score (nSPS) is 10.5.